The minimum atomic E-state index is -0.133. The second-order valence-corrected chi connectivity index (χ2v) is 6.22. The van der Waals surface area contributed by atoms with Gasteiger partial charge in [-0.1, -0.05) is 42.5 Å². The third-order valence-corrected chi connectivity index (χ3v) is 3.94. The van der Waals surface area contributed by atoms with E-state index in [1.807, 2.05) is 74.5 Å². The Kier molecular flexibility index (Phi) is 5.66. The SMILES string of the molecule is CC(=O)Nc1ccc(C(C)N=Nc2cc(-c3ccccc3)nc(C)n2)cc1. The summed E-state index contributed by atoms with van der Waals surface area (Å²) in [5, 5.41) is 11.4. The fourth-order valence-electron chi connectivity index (χ4n) is 2.62. The van der Waals surface area contributed by atoms with Crippen LogP contribution in [0.1, 0.15) is 31.3 Å². The number of azo groups is 1. The van der Waals surface area contributed by atoms with E-state index in [1.54, 1.807) is 0 Å². The van der Waals surface area contributed by atoms with Crippen LogP contribution in [0.3, 0.4) is 0 Å². The highest BCUT2D eigenvalue weighted by Crippen LogP contribution is 2.24. The molecular weight excluding hydrogens is 338 g/mol. The van der Waals surface area contributed by atoms with Crippen molar-refractivity contribution in [1.29, 1.82) is 0 Å². The van der Waals surface area contributed by atoms with Crippen molar-refractivity contribution >= 4 is 17.4 Å². The van der Waals surface area contributed by atoms with E-state index in [-0.39, 0.29) is 11.9 Å². The van der Waals surface area contributed by atoms with Gasteiger partial charge in [-0.05, 0) is 31.5 Å². The minimum absolute atomic E-state index is 0.0937. The lowest BCUT2D eigenvalue weighted by Gasteiger charge is -2.08. The van der Waals surface area contributed by atoms with Gasteiger partial charge in [-0.2, -0.15) is 5.11 Å². The van der Waals surface area contributed by atoms with Crippen molar-refractivity contribution in [3.63, 3.8) is 0 Å². The summed E-state index contributed by atoms with van der Waals surface area (Å²) in [5.74, 6) is 1.09. The second-order valence-electron chi connectivity index (χ2n) is 6.22. The molecule has 6 heteroatoms. The normalized spacial score (nSPS) is 12.1. The van der Waals surface area contributed by atoms with Crippen LogP contribution in [0.25, 0.3) is 11.3 Å². The Hall–Kier alpha value is -3.41. The molecular formula is C21H21N5O. The van der Waals surface area contributed by atoms with E-state index in [0.29, 0.717) is 11.6 Å². The molecule has 3 rings (SSSR count). The zero-order valence-corrected chi connectivity index (χ0v) is 15.5. The van der Waals surface area contributed by atoms with Crippen LogP contribution in [0.15, 0.2) is 70.9 Å². The quantitative estimate of drug-likeness (QED) is 0.631. The number of carbonyl (C=O) groups excluding carboxylic acids is 1. The summed E-state index contributed by atoms with van der Waals surface area (Å²) in [5.41, 5.74) is 3.60. The van der Waals surface area contributed by atoms with Gasteiger partial charge in [0, 0.05) is 24.2 Å². The van der Waals surface area contributed by atoms with E-state index in [4.69, 9.17) is 0 Å². The Bertz CT molecular complexity index is 952. The average Bonchev–Trinajstić information content (AvgIpc) is 2.66. The topological polar surface area (TPSA) is 79.6 Å². The lowest BCUT2D eigenvalue weighted by atomic mass is 10.1. The lowest BCUT2D eigenvalue weighted by molar-refractivity contribution is -0.114. The highest BCUT2D eigenvalue weighted by Gasteiger charge is 2.07. The number of carbonyl (C=O) groups is 1. The molecule has 0 saturated carbocycles. The Morgan fingerprint density at radius 3 is 2.41 bits per heavy atom. The number of aromatic nitrogens is 2. The standard InChI is InChI=1S/C21H21N5O/c1-14(17-9-11-19(12-10-17)24-16(3)27)25-26-21-13-20(22-15(2)23-21)18-7-5-4-6-8-18/h4-14H,1-3H3,(H,24,27). The van der Waals surface area contributed by atoms with E-state index in [1.165, 1.54) is 6.92 Å². The van der Waals surface area contributed by atoms with Crippen LogP contribution in [0.2, 0.25) is 0 Å². The first-order valence-corrected chi connectivity index (χ1v) is 8.71. The summed E-state index contributed by atoms with van der Waals surface area (Å²) in [6.45, 7) is 5.29. The van der Waals surface area contributed by atoms with Gasteiger partial charge in [0.15, 0.2) is 5.82 Å². The molecule has 0 aliphatic rings. The zero-order chi connectivity index (χ0) is 19.2. The first-order valence-electron chi connectivity index (χ1n) is 8.71. The van der Waals surface area contributed by atoms with Gasteiger partial charge in [0.05, 0.1) is 11.7 Å². The summed E-state index contributed by atoms with van der Waals surface area (Å²) >= 11 is 0. The van der Waals surface area contributed by atoms with Gasteiger partial charge in [-0.3, -0.25) is 4.79 Å². The van der Waals surface area contributed by atoms with Crippen LogP contribution in [0.4, 0.5) is 11.5 Å². The number of anilines is 1. The maximum Gasteiger partial charge on any atom is 0.221 e. The number of hydrogen-bond donors (Lipinski definition) is 1. The third kappa shape index (κ3) is 5.04. The van der Waals surface area contributed by atoms with Crippen LogP contribution in [0.5, 0.6) is 0 Å². The van der Waals surface area contributed by atoms with Crippen molar-refractivity contribution in [3.8, 4) is 11.3 Å². The molecule has 2 aromatic carbocycles. The summed E-state index contributed by atoms with van der Waals surface area (Å²) in [7, 11) is 0. The summed E-state index contributed by atoms with van der Waals surface area (Å²) in [6, 6.07) is 19.2. The van der Waals surface area contributed by atoms with Crippen molar-refractivity contribution < 1.29 is 4.79 Å². The van der Waals surface area contributed by atoms with Crippen LogP contribution >= 0.6 is 0 Å². The number of hydrogen-bond acceptors (Lipinski definition) is 5. The molecule has 0 saturated heterocycles. The number of amides is 1. The molecule has 1 unspecified atom stereocenters. The molecule has 0 bridgehead atoms. The van der Waals surface area contributed by atoms with Crippen molar-refractivity contribution in [1.82, 2.24) is 9.97 Å². The molecule has 0 fully saturated rings. The van der Waals surface area contributed by atoms with Gasteiger partial charge >= 0.3 is 0 Å². The molecule has 3 aromatic rings. The number of nitrogens with one attached hydrogen (secondary N) is 1. The van der Waals surface area contributed by atoms with Crippen molar-refractivity contribution in [2.45, 2.75) is 26.8 Å². The van der Waals surface area contributed by atoms with Crippen molar-refractivity contribution in [3.05, 3.63) is 72.1 Å². The highest BCUT2D eigenvalue weighted by molar-refractivity contribution is 5.88. The van der Waals surface area contributed by atoms with E-state index in [9.17, 15) is 4.79 Å². The molecule has 1 atom stereocenters. The second kappa shape index (κ2) is 8.31. The Morgan fingerprint density at radius 1 is 1.04 bits per heavy atom. The van der Waals surface area contributed by atoms with Gasteiger partial charge in [0.2, 0.25) is 5.91 Å². The zero-order valence-electron chi connectivity index (χ0n) is 15.5. The molecule has 136 valence electrons. The molecule has 1 aromatic heterocycles. The van der Waals surface area contributed by atoms with Gasteiger partial charge in [0.1, 0.15) is 5.82 Å². The molecule has 1 heterocycles. The number of aryl methyl sites for hydroxylation is 1. The van der Waals surface area contributed by atoms with Crippen LogP contribution in [-0.2, 0) is 4.79 Å². The average molecular weight is 359 g/mol. The first kappa shape index (κ1) is 18.4. The minimum Gasteiger partial charge on any atom is -0.326 e. The molecule has 1 amide bonds. The highest BCUT2D eigenvalue weighted by atomic mass is 16.1. The van der Waals surface area contributed by atoms with Gasteiger partial charge < -0.3 is 5.32 Å². The van der Waals surface area contributed by atoms with Crippen LogP contribution < -0.4 is 5.32 Å². The fourth-order valence-corrected chi connectivity index (χ4v) is 2.62. The first-order chi connectivity index (χ1) is 13.0. The molecule has 27 heavy (non-hydrogen) atoms. The van der Waals surface area contributed by atoms with Crippen LogP contribution in [-0.4, -0.2) is 15.9 Å². The molecule has 0 aliphatic carbocycles. The van der Waals surface area contributed by atoms with Crippen LogP contribution in [0, 0.1) is 6.92 Å². The predicted octanol–water partition coefficient (Wildman–Crippen LogP) is 5.26. The lowest BCUT2D eigenvalue weighted by Crippen LogP contribution is -2.05. The molecule has 0 aliphatic heterocycles. The fraction of sp³-hybridized carbons (Fsp3) is 0.190. The maximum atomic E-state index is 11.1. The monoisotopic (exact) mass is 359 g/mol. The summed E-state index contributed by atoms with van der Waals surface area (Å²) in [4.78, 5) is 19.9. The van der Waals surface area contributed by atoms with Crippen molar-refractivity contribution in [2.75, 3.05) is 5.32 Å². The van der Waals surface area contributed by atoms with Gasteiger partial charge in [-0.25, -0.2) is 9.97 Å². The Labute approximate surface area is 158 Å². The third-order valence-electron chi connectivity index (χ3n) is 3.94. The molecule has 6 nitrogen and oxygen atoms in total. The largest absolute Gasteiger partial charge is 0.326 e. The van der Waals surface area contributed by atoms with E-state index < -0.39 is 0 Å². The van der Waals surface area contributed by atoms with Crippen molar-refractivity contribution in [2.24, 2.45) is 10.2 Å². The number of rotatable bonds is 5. The van der Waals surface area contributed by atoms with Gasteiger partial charge in [0.25, 0.3) is 0 Å². The smallest absolute Gasteiger partial charge is 0.221 e. The Morgan fingerprint density at radius 2 is 1.74 bits per heavy atom. The van der Waals surface area contributed by atoms with E-state index in [2.05, 4.69) is 25.5 Å². The maximum absolute atomic E-state index is 11.1. The summed E-state index contributed by atoms with van der Waals surface area (Å²) < 4.78 is 0. The number of nitrogens with zero attached hydrogens (tertiary/aromatic N) is 4. The number of benzene rings is 2. The molecule has 1 N–H and O–H groups in total. The Balaban J connectivity index is 1.77. The van der Waals surface area contributed by atoms with Gasteiger partial charge in [-0.15, -0.1) is 5.11 Å². The van der Waals surface area contributed by atoms with E-state index >= 15 is 0 Å². The summed E-state index contributed by atoms with van der Waals surface area (Å²) in [6.07, 6.45) is 0. The molecule has 0 spiro atoms. The van der Waals surface area contributed by atoms with E-state index in [0.717, 1.165) is 22.5 Å². The predicted molar refractivity (Wildman–Crippen MR) is 106 cm³/mol. The molecule has 0 radical (unpaired) electrons.